The summed E-state index contributed by atoms with van der Waals surface area (Å²) in [5, 5.41) is 0.874. The summed E-state index contributed by atoms with van der Waals surface area (Å²) in [7, 11) is 0. The smallest absolute Gasteiger partial charge is 0.286 e. The third-order valence-electron chi connectivity index (χ3n) is 3.62. The fourth-order valence-electron chi connectivity index (χ4n) is 2.44. The summed E-state index contributed by atoms with van der Waals surface area (Å²) in [6, 6.07) is 11.1. The molecular weight excluding hydrogens is 379 g/mol. The molecule has 130 valence electrons. The van der Waals surface area contributed by atoms with E-state index in [4.69, 9.17) is 27.9 Å². The maximum Gasteiger partial charge on any atom is 0.286 e. The zero-order valence-electron chi connectivity index (χ0n) is 13.8. The topological polar surface area (TPSA) is 43.6 Å². The molecule has 0 aliphatic rings. The molecule has 0 aliphatic heterocycles. The van der Waals surface area contributed by atoms with Gasteiger partial charge in [0.05, 0.1) is 15.2 Å². The largest absolute Gasteiger partial charge is 0.482 e. The van der Waals surface area contributed by atoms with Crippen molar-refractivity contribution in [1.82, 2.24) is 4.57 Å². The Bertz CT molecular complexity index is 1010. The van der Waals surface area contributed by atoms with E-state index in [9.17, 15) is 4.79 Å². The lowest BCUT2D eigenvalue weighted by Crippen LogP contribution is -2.18. The first kappa shape index (κ1) is 18.0. The van der Waals surface area contributed by atoms with Gasteiger partial charge in [-0.05, 0) is 49.7 Å². The van der Waals surface area contributed by atoms with Crippen molar-refractivity contribution in [3.8, 4) is 5.75 Å². The highest BCUT2D eigenvalue weighted by Crippen LogP contribution is 2.27. The first-order valence-corrected chi connectivity index (χ1v) is 9.30. The SMILES string of the molecule is CCn1c(=NC(=O)COc2ccc(Cl)cc2Cl)sc2cc(C)ccc21. The summed E-state index contributed by atoms with van der Waals surface area (Å²) >= 11 is 13.4. The predicted octanol–water partition coefficient (Wildman–Crippen LogP) is 4.84. The van der Waals surface area contributed by atoms with Crippen LogP contribution >= 0.6 is 34.5 Å². The van der Waals surface area contributed by atoms with Crippen LogP contribution in [0, 0.1) is 6.92 Å². The van der Waals surface area contributed by atoms with Crippen LogP contribution in [0.1, 0.15) is 12.5 Å². The lowest BCUT2D eigenvalue weighted by Gasteiger charge is -2.05. The van der Waals surface area contributed by atoms with Gasteiger partial charge < -0.3 is 9.30 Å². The van der Waals surface area contributed by atoms with Gasteiger partial charge in [-0.15, -0.1) is 0 Å². The normalized spacial score (nSPS) is 11.9. The maximum atomic E-state index is 12.2. The van der Waals surface area contributed by atoms with Crippen LogP contribution in [0.25, 0.3) is 10.2 Å². The predicted molar refractivity (Wildman–Crippen MR) is 103 cm³/mol. The van der Waals surface area contributed by atoms with E-state index in [-0.39, 0.29) is 12.5 Å². The number of amides is 1. The Morgan fingerprint density at radius 1 is 1.24 bits per heavy atom. The minimum Gasteiger partial charge on any atom is -0.482 e. The fourth-order valence-corrected chi connectivity index (χ4v) is 4.11. The van der Waals surface area contributed by atoms with E-state index in [0.29, 0.717) is 20.6 Å². The standard InChI is InChI=1S/C18H16Cl2N2O2S/c1-3-22-14-6-4-11(2)8-16(14)25-18(22)21-17(23)10-24-15-7-5-12(19)9-13(15)20/h4-9H,3,10H2,1-2H3. The van der Waals surface area contributed by atoms with Gasteiger partial charge in [-0.2, -0.15) is 4.99 Å². The van der Waals surface area contributed by atoms with E-state index < -0.39 is 0 Å². The highest BCUT2D eigenvalue weighted by molar-refractivity contribution is 7.16. The molecule has 0 bridgehead atoms. The number of hydrogen-bond acceptors (Lipinski definition) is 3. The Morgan fingerprint density at radius 3 is 2.76 bits per heavy atom. The summed E-state index contributed by atoms with van der Waals surface area (Å²) in [4.78, 5) is 17.1. The van der Waals surface area contributed by atoms with Gasteiger partial charge in [-0.3, -0.25) is 4.79 Å². The molecule has 0 unspecified atom stereocenters. The fraction of sp³-hybridized carbons (Fsp3) is 0.222. The minimum atomic E-state index is -0.364. The molecule has 0 saturated heterocycles. The summed E-state index contributed by atoms with van der Waals surface area (Å²) in [6.45, 7) is 4.62. The Balaban J connectivity index is 1.84. The third-order valence-corrected chi connectivity index (χ3v) is 5.19. The second-order valence-corrected chi connectivity index (χ2v) is 7.32. The third kappa shape index (κ3) is 4.06. The van der Waals surface area contributed by atoms with E-state index in [1.54, 1.807) is 18.2 Å². The molecule has 1 heterocycles. The molecule has 4 nitrogen and oxygen atoms in total. The summed E-state index contributed by atoms with van der Waals surface area (Å²) in [6.07, 6.45) is 0. The van der Waals surface area contributed by atoms with Crippen molar-refractivity contribution in [2.45, 2.75) is 20.4 Å². The van der Waals surface area contributed by atoms with E-state index in [2.05, 4.69) is 23.2 Å². The number of carbonyl (C=O) groups is 1. The maximum absolute atomic E-state index is 12.2. The van der Waals surface area contributed by atoms with Crippen LogP contribution < -0.4 is 9.54 Å². The number of halogens is 2. The number of aryl methyl sites for hydroxylation is 2. The molecular formula is C18H16Cl2N2O2S. The van der Waals surface area contributed by atoms with E-state index in [1.807, 2.05) is 18.4 Å². The minimum absolute atomic E-state index is 0.182. The van der Waals surface area contributed by atoms with Crippen LogP contribution in [0.3, 0.4) is 0 Å². The van der Waals surface area contributed by atoms with Crippen molar-refractivity contribution in [2.75, 3.05) is 6.61 Å². The quantitative estimate of drug-likeness (QED) is 0.634. The van der Waals surface area contributed by atoms with Crippen molar-refractivity contribution in [3.63, 3.8) is 0 Å². The lowest BCUT2D eigenvalue weighted by molar-refractivity contribution is -0.120. The highest BCUT2D eigenvalue weighted by Gasteiger charge is 2.09. The number of aromatic nitrogens is 1. The Morgan fingerprint density at radius 2 is 2.04 bits per heavy atom. The molecule has 3 rings (SSSR count). The zero-order chi connectivity index (χ0) is 18.0. The summed E-state index contributed by atoms with van der Waals surface area (Å²) < 4.78 is 8.58. The molecule has 0 N–H and O–H groups in total. The van der Waals surface area contributed by atoms with E-state index >= 15 is 0 Å². The number of benzene rings is 2. The average Bonchev–Trinajstić information content (AvgIpc) is 2.89. The molecule has 2 aromatic carbocycles. The molecule has 3 aromatic rings. The number of rotatable bonds is 4. The molecule has 0 radical (unpaired) electrons. The molecule has 1 amide bonds. The first-order chi connectivity index (χ1) is 12.0. The van der Waals surface area contributed by atoms with Gasteiger partial charge in [0.25, 0.3) is 5.91 Å². The molecule has 0 atom stereocenters. The van der Waals surface area contributed by atoms with Crippen LogP contribution in [0.5, 0.6) is 5.75 Å². The molecule has 0 aliphatic carbocycles. The van der Waals surface area contributed by atoms with Gasteiger partial charge in [0, 0.05) is 11.6 Å². The van der Waals surface area contributed by atoms with Gasteiger partial charge in [0.15, 0.2) is 11.4 Å². The first-order valence-electron chi connectivity index (χ1n) is 7.73. The van der Waals surface area contributed by atoms with Crippen molar-refractivity contribution < 1.29 is 9.53 Å². The second kappa shape index (κ2) is 7.60. The summed E-state index contributed by atoms with van der Waals surface area (Å²) in [5.41, 5.74) is 2.25. The molecule has 25 heavy (non-hydrogen) atoms. The van der Waals surface area contributed by atoms with Crippen molar-refractivity contribution in [2.24, 2.45) is 4.99 Å². The number of thiazole rings is 1. The molecule has 0 spiro atoms. The van der Waals surface area contributed by atoms with E-state index in [1.165, 1.54) is 16.9 Å². The zero-order valence-corrected chi connectivity index (χ0v) is 16.1. The van der Waals surface area contributed by atoms with Crippen molar-refractivity contribution >= 4 is 50.7 Å². The second-order valence-electron chi connectivity index (χ2n) is 5.47. The van der Waals surface area contributed by atoms with Crippen LogP contribution in [0.2, 0.25) is 10.0 Å². The van der Waals surface area contributed by atoms with Crippen molar-refractivity contribution in [3.05, 3.63) is 56.8 Å². The Kier molecular flexibility index (Phi) is 5.47. The van der Waals surface area contributed by atoms with Gasteiger partial charge in [-0.25, -0.2) is 0 Å². The molecule has 0 saturated carbocycles. The van der Waals surface area contributed by atoms with Gasteiger partial charge in [-0.1, -0.05) is 40.6 Å². The molecule has 1 aromatic heterocycles. The molecule has 0 fully saturated rings. The Labute approximate surface area is 159 Å². The monoisotopic (exact) mass is 394 g/mol. The number of ether oxygens (including phenoxy) is 1. The van der Waals surface area contributed by atoms with Crippen LogP contribution in [-0.2, 0) is 11.3 Å². The highest BCUT2D eigenvalue weighted by atomic mass is 35.5. The van der Waals surface area contributed by atoms with E-state index in [0.717, 1.165) is 16.8 Å². The summed E-state index contributed by atoms with van der Waals surface area (Å²) in [5.74, 6) is 0.0430. The number of nitrogens with zero attached hydrogens (tertiary/aromatic N) is 2. The van der Waals surface area contributed by atoms with Gasteiger partial charge in [0.1, 0.15) is 5.75 Å². The van der Waals surface area contributed by atoms with Gasteiger partial charge >= 0.3 is 0 Å². The van der Waals surface area contributed by atoms with Gasteiger partial charge in [0.2, 0.25) is 0 Å². The van der Waals surface area contributed by atoms with Crippen LogP contribution in [-0.4, -0.2) is 17.1 Å². The molecule has 7 heteroatoms. The average molecular weight is 395 g/mol. The lowest BCUT2D eigenvalue weighted by atomic mass is 10.2. The Hall–Kier alpha value is -1.82. The van der Waals surface area contributed by atoms with Crippen molar-refractivity contribution in [1.29, 1.82) is 0 Å². The van der Waals surface area contributed by atoms with Crippen LogP contribution in [0.15, 0.2) is 41.4 Å². The number of fused-ring (bicyclic) bond motifs is 1. The number of hydrogen-bond donors (Lipinski definition) is 0. The van der Waals surface area contributed by atoms with Crippen LogP contribution in [0.4, 0.5) is 0 Å². The number of carbonyl (C=O) groups excluding carboxylic acids is 1.